The molecule has 0 saturated carbocycles. The second kappa shape index (κ2) is 10.1. The highest BCUT2D eigenvalue weighted by Crippen LogP contribution is 2.22. The van der Waals surface area contributed by atoms with Gasteiger partial charge in [0.15, 0.2) is 5.06 Å². The summed E-state index contributed by atoms with van der Waals surface area (Å²) in [7, 11) is 0. The molecule has 0 atom stereocenters. The molecule has 0 bridgehead atoms. The van der Waals surface area contributed by atoms with Gasteiger partial charge < -0.3 is 10.1 Å². The number of benzene rings is 1. The van der Waals surface area contributed by atoms with Crippen LogP contribution in [0.4, 0.5) is 5.82 Å². The summed E-state index contributed by atoms with van der Waals surface area (Å²) >= 11 is 1.69. The Labute approximate surface area is 159 Å². The molecule has 26 heavy (non-hydrogen) atoms. The van der Waals surface area contributed by atoms with Crippen molar-refractivity contribution in [1.29, 1.82) is 0 Å². The summed E-state index contributed by atoms with van der Waals surface area (Å²) < 4.78 is 5.75. The molecule has 3 aromatic rings. The molecule has 0 amide bonds. The van der Waals surface area contributed by atoms with Gasteiger partial charge in [0.1, 0.15) is 12.1 Å². The van der Waals surface area contributed by atoms with Gasteiger partial charge in [-0.3, -0.25) is 0 Å². The van der Waals surface area contributed by atoms with E-state index in [1.165, 1.54) is 37.7 Å². The predicted octanol–water partition coefficient (Wildman–Crippen LogP) is 5.83. The predicted molar refractivity (Wildman–Crippen MR) is 110 cm³/mol. The minimum atomic E-state index is 0.836. The van der Waals surface area contributed by atoms with Crippen LogP contribution in [-0.4, -0.2) is 23.1 Å². The zero-order chi connectivity index (χ0) is 18.0. The van der Waals surface area contributed by atoms with Gasteiger partial charge in [0.25, 0.3) is 0 Å². The molecule has 1 aromatic carbocycles. The summed E-state index contributed by atoms with van der Waals surface area (Å²) in [6.45, 7) is 3.90. The Bertz CT molecular complexity index is 797. The Morgan fingerprint density at radius 1 is 1.00 bits per heavy atom. The van der Waals surface area contributed by atoms with E-state index in [1.54, 1.807) is 17.7 Å². The van der Waals surface area contributed by atoms with Gasteiger partial charge >= 0.3 is 0 Å². The maximum atomic E-state index is 5.75. The second-order valence-electron chi connectivity index (χ2n) is 6.58. The topological polar surface area (TPSA) is 47.0 Å². The molecule has 2 aromatic heterocycles. The van der Waals surface area contributed by atoms with Crippen molar-refractivity contribution in [1.82, 2.24) is 9.97 Å². The van der Waals surface area contributed by atoms with Crippen LogP contribution in [0, 0.1) is 6.92 Å². The zero-order valence-electron chi connectivity index (χ0n) is 15.4. The van der Waals surface area contributed by atoms with Gasteiger partial charge in [-0.2, -0.15) is 0 Å². The fraction of sp³-hybridized carbons (Fsp3) is 0.429. The van der Waals surface area contributed by atoms with Crippen LogP contribution >= 0.6 is 11.3 Å². The lowest BCUT2D eigenvalue weighted by Crippen LogP contribution is -2.04. The summed E-state index contributed by atoms with van der Waals surface area (Å²) in [4.78, 5) is 8.66. The zero-order valence-corrected chi connectivity index (χ0v) is 16.2. The molecule has 138 valence electrons. The number of thiophene rings is 1. The summed E-state index contributed by atoms with van der Waals surface area (Å²) in [5.74, 6) is 0.941. The lowest BCUT2D eigenvalue weighted by atomic mass is 10.1. The monoisotopic (exact) mass is 369 g/mol. The van der Waals surface area contributed by atoms with Crippen LogP contribution in [0.3, 0.4) is 0 Å². The second-order valence-corrected chi connectivity index (χ2v) is 7.45. The van der Waals surface area contributed by atoms with Crippen LogP contribution in [-0.2, 0) is 0 Å². The van der Waals surface area contributed by atoms with Crippen molar-refractivity contribution >= 4 is 28.1 Å². The number of nitrogens with one attached hydrogen (secondary N) is 1. The third-order valence-electron chi connectivity index (χ3n) is 4.36. The van der Waals surface area contributed by atoms with Gasteiger partial charge in [-0.1, -0.05) is 37.8 Å². The standard InChI is InChI=1S/C21H27N3OS/c1-17-14-20(26-15-17)25-13-9-5-3-2-4-8-12-22-21-18-10-6-7-11-19(18)23-16-24-21/h6-7,10-11,14-16H,2-5,8-9,12-13H2,1H3,(H,22,23,24). The van der Waals surface area contributed by atoms with Crippen molar-refractivity contribution in [3.63, 3.8) is 0 Å². The molecule has 4 nitrogen and oxygen atoms in total. The minimum Gasteiger partial charge on any atom is -0.484 e. The van der Waals surface area contributed by atoms with Crippen molar-refractivity contribution in [3.05, 3.63) is 47.6 Å². The SMILES string of the molecule is Cc1csc(OCCCCCCCCNc2ncnc3ccccc23)c1. The van der Waals surface area contributed by atoms with Crippen LogP contribution < -0.4 is 10.1 Å². The van der Waals surface area contributed by atoms with Gasteiger partial charge in [0.2, 0.25) is 0 Å². The van der Waals surface area contributed by atoms with Gasteiger partial charge in [-0.15, -0.1) is 11.3 Å². The first-order valence-corrected chi connectivity index (χ1v) is 10.3. The Balaban J connectivity index is 1.22. The van der Waals surface area contributed by atoms with Gasteiger partial charge in [0, 0.05) is 11.9 Å². The minimum absolute atomic E-state index is 0.836. The summed E-state index contributed by atoms with van der Waals surface area (Å²) in [5, 5.41) is 7.72. The molecule has 2 heterocycles. The number of aryl methyl sites for hydroxylation is 1. The molecule has 0 aliphatic heterocycles. The Hall–Kier alpha value is -2.14. The molecule has 0 aliphatic carbocycles. The highest BCUT2D eigenvalue weighted by Gasteiger charge is 2.01. The highest BCUT2D eigenvalue weighted by molar-refractivity contribution is 7.12. The van der Waals surface area contributed by atoms with Crippen LogP contribution in [0.2, 0.25) is 0 Å². The number of ether oxygens (including phenoxy) is 1. The normalized spacial score (nSPS) is 11.0. The van der Waals surface area contributed by atoms with E-state index in [0.29, 0.717) is 0 Å². The smallest absolute Gasteiger partial charge is 0.173 e. The third kappa shape index (κ3) is 5.70. The number of hydrogen-bond acceptors (Lipinski definition) is 5. The summed E-state index contributed by atoms with van der Waals surface area (Å²) in [6.07, 6.45) is 9.00. The lowest BCUT2D eigenvalue weighted by Gasteiger charge is -2.08. The van der Waals surface area contributed by atoms with E-state index >= 15 is 0 Å². The molecule has 0 saturated heterocycles. The first-order valence-electron chi connectivity index (χ1n) is 9.44. The molecule has 1 N–H and O–H groups in total. The lowest BCUT2D eigenvalue weighted by molar-refractivity contribution is 0.312. The van der Waals surface area contributed by atoms with E-state index in [1.807, 2.05) is 18.2 Å². The van der Waals surface area contributed by atoms with Crippen LogP contribution in [0.1, 0.15) is 44.1 Å². The van der Waals surface area contributed by atoms with Gasteiger partial charge in [0.05, 0.1) is 12.1 Å². The van der Waals surface area contributed by atoms with E-state index in [4.69, 9.17) is 4.74 Å². The number of fused-ring (bicyclic) bond motifs is 1. The van der Waals surface area contributed by atoms with Gasteiger partial charge in [-0.25, -0.2) is 9.97 Å². The van der Waals surface area contributed by atoms with Crippen molar-refractivity contribution in [3.8, 4) is 5.06 Å². The summed E-state index contributed by atoms with van der Waals surface area (Å²) in [5.41, 5.74) is 2.28. The van der Waals surface area contributed by atoms with E-state index < -0.39 is 0 Å². The maximum absolute atomic E-state index is 5.75. The highest BCUT2D eigenvalue weighted by atomic mass is 32.1. The number of aromatic nitrogens is 2. The number of anilines is 1. The fourth-order valence-electron chi connectivity index (χ4n) is 2.94. The van der Waals surface area contributed by atoms with Gasteiger partial charge in [-0.05, 0) is 48.9 Å². The first kappa shape index (κ1) is 18.6. The first-order chi connectivity index (χ1) is 12.8. The number of nitrogens with zero attached hydrogens (tertiary/aromatic N) is 2. The Kier molecular flexibility index (Phi) is 7.25. The van der Waals surface area contributed by atoms with Crippen molar-refractivity contribution in [2.24, 2.45) is 0 Å². The van der Waals surface area contributed by atoms with E-state index in [-0.39, 0.29) is 0 Å². The van der Waals surface area contributed by atoms with Crippen LogP contribution in [0.15, 0.2) is 42.0 Å². The molecule has 0 aliphatic rings. The van der Waals surface area contributed by atoms with E-state index in [9.17, 15) is 0 Å². The maximum Gasteiger partial charge on any atom is 0.173 e. The average Bonchev–Trinajstić information content (AvgIpc) is 3.08. The Morgan fingerprint density at radius 3 is 2.65 bits per heavy atom. The fourth-order valence-corrected chi connectivity index (χ4v) is 3.72. The molecule has 0 fully saturated rings. The molecule has 0 spiro atoms. The largest absolute Gasteiger partial charge is 0.484 e. The quantitative estimate of drug-likeness (QED) is 0.432. The van der Waals surface area contributed by atoms with Crippen LogP contribution in [0.5, 0.6) is 5.06 Å². The molecular weight excluding hydrogens is 342 g/mol. The number of para-hydroxylation sites is 1. The van der Waals surface area contributed by atoms with Crippen molar-refractivity contribution < 1.29 is 4.74 Å². The Morgan fingerprint density at radius 2 is 1.81 bits per heavy atom. The molecule has 5 heteroatoms. The number of rotatable bonds is 11. The molecular formula is C21H27N3OS. The van der Waals surface area contributed by atoms with Crippen molar-refractivity contribution in [2.75, 3.05) is 18.5 Å². The third-order valence-corrected chi connectivity index (χ3v) is 5.31. The average molecular weight is 370 g/mol. The summed E-state index contributed by atoms with van der Waals surface area (Å²) in [6, 6.07) is 10.2. The number of unbranched alkanes of at least 4 members (excludes halogenated alkanes) is 5. The van der Waals surface area contributed by atoms with E-state index in [2.05, 4.69) is 39.7 Å². The molecule has 0 unspecified atom stereocenters. The van der Waals surface area contributed by atoms with E-state index in [0.717, 1.165) is 41.4 Å². The molecule has 0 radical (unpaired) electrons. The van der Waals surface area contributed by atoms with Crippen molar-refractivity contribution in [2.45, 2.75) is 45.4 Å². The molecule has 3 rings (SSSR count). The number of hydrogen-bond donors (Lipinski definition) is 1. The van der Waals surface area contributed by atoms with Crippen LogP contribution in [0.25, 0.3) is 10.9 Å².